The predicted octanol–water partition coefficient (Wildman–Crippen LogP) is 4.13. The van der Waals surface area contributed by atoms with Crippen molar-refractivity contribution in [2.45, 2.75) is 71.3 Å². The molecule has 0 aromatic rings. The van der Waals surface area contributed by atoms with Crippen molar-refractivity contribution in [3.8, 4) is 0 Å². The Hall–Kier alpha value is -0.630. The summed E-state index contributed by atoms with van der Waals surface area (Å²) in [7, 11) is 0. The molecule has 0 aromatic heterocycles. The summed E-state index contributed by atoms with van der Waals surface area (Å²) >= 11 is 0. The van der Waals surface area contributed by atoms with E-state index < -0.39 is 5.60 Å². The summed E-state index contributed by atoms with van der Waals surface area (Å²) in [6.07, 6.45) is 11.9. The Labute approximate surface area is 134 Å². The van der Waals surface area contributed by atoms with Crippen molar-refractivity contribution < 1.29 is 9.90 Å². The summed E-state index contributed by atoms with van der Waals surface area (Å²) in [5, 5.41) is 10.9. The average Bonchev–Trinajstić information content (AvgIpc) is 2.70. The van der Waals surface area contributed by atoms with Gasteiger partial charge in [-0.05, 0) is 86.0 Å². The Morgan fingerprint density at radius 2 is 1.77 bits per heavy atom. The molecule has 0 radical (unpaired) electrons. The van der Waals surface area contributed by atoms with Crippen LogP contribution in [0, 0.1) is 34.5 Å². The largest absolute Gasteiger partial charge is 0.390 e. The second-order valence-electron chi connectivity index (χ2n) is 9.29. The van der Waals surface area contributed by atoms with Gasteiger partial charge in [-0.15, -0.1) is 0 Å². The summed E-state index contributed by atoms with van der Waals surface area (Å²) in [4.78, 5) is 11.8. The summed E-state index contributed by atoms with van der Waals surface area (Å²) in [6.45, 7) is 6.82. The van der Waals surface area contributed by atoms with Crippen LogP contribution in [0.5, 0.6) is 0 Å². The van der Waals surface area contributed by atoms with E-state index in [2.05, 4.69) is 26.8 Å². The molecule has 2 heteroatoms. The van der Waals surface area contributed by atoms with Crippen LogP contribution in [0.1, 0.15) is 65.7 Å². The SMILES string of the molecule is CC12C=CC(=O)C[C@H]1CCC1C2CCC2(C)C1CC[C@]2(C)O. The van der Waals surface area contributed by atoms with Gasteiger partial charge in [0.1, 0.15) is 0 Å². The van der Waals surface area contributed by atoms with Crippen LogP contribution >= 0.6 is 0 Å². The summed E-state index contributed by atoms with van der Waals surface area (Å²) in [5.41, 5.74) is -0.170. The number of carbonyl (C=O) groups is 1. The number of rotatable bonds is 0. The molecule has 0 bridgehead atoms. The number of hydrogen-bond donors (Lipinski definition) is 1. The van der Waals surface area contributed by atoms with Gasteiger partial charge < -0.3 is 5.11 Å². The average molecular weight is 302 g/mol. The van der Waals surface area contributed by atoms with Gasteiger partial charge in [0.25, 0.3) is 0 Å². The van der Waals surface area contributed by atoms with Crippen LogP contribution in [0.4, 0.5) is 0 Å². The van der Waals surface area contributed by atoms with Crippen molar-refractivity contribution in [2.24, 2.45) is 34.5 Å². The van der Waals surface area contributed by atoms with Gasteiger partial charge in [-0.3, -0.25) is 4.79 Å². The van der Waals surface area contributed by atoms with E-state index in [1.165, 1.54) is 25.7 Å². The van der Waals surface area contributed by atoms with Crippen molar-refractivity contribution in [2.75, 3.05) is 0 Å². The lowest BCUT2D eigenvalue weighted by molar-refractivity contribution is -0.135. The highest BCUT2D eigenvalue weighted by Crippen LogP contribution is 2.67. The van der Waals surface area contributed by atoms with Crippen LogP contribution in [0.15, 0.2) is 12.2 Å². The Morgan fingerprint density at radius 3 is 2.55 bits per heavy atom. The second kappa shape index (κ2) is 4.47. The lowest BCUT2D eigenvalue weighted by Gasteiger charge is -2.59. The smallest absolute Gasteiger partial charge is 0.155 e. The maximum absolute atomic E-state index is 11.8. The van der Waals surface area contributed by atoms with Gasteiger partial charge in [0, 0.05) is 6.42 Å². The highest BCUT2D eigenvalue weighted by Gasteiger charge is 2.62. The van der Waals surface area contributed by atoms with Crippen molar-refractivity contribution in [1.29, 1.82) is 0 Å². The van der Waals surface area contributed by atoms with Crippen molar-refractivity contribution >= 4 is 5.78 Å². The Kier molecular flexibility index (Phi) is 3.03. The summed E-state index contributed by atoms with van der Waals surface area (Å²) in [5.74, 6) is 3.00. The molecule has 0 heterocycles. The molecule has 1 N–H and O–H groups in total. The minimum absolute atomic E-state index is 0.103. The van der Waals surface area contributed by atoms with Crippen LogP contribution in [0.25, 0.3) is 0 Å². The van der Waals surface area contributed by atoms with Crippen LogP contribution < -0.4 is 0 Å². The van der Waals surface area contributed by atoms with Crippen LogP contribution in [-0.2, 0) is 4.79 Å². The van der Waals surface area contributed by atoms with Crippen LogP contribution in [0.3, 0.4) is 0 Å². The van der Waals surface area contributed by atoms with Crippen molar-refractivity contribution in [3.63, 3.8) is 0 Å². The quantitative estimate of drug-likeness (QED) is 0.730. The van der Waals surface area contributed by atoms with E-state index in [-0.39, 0.29) is 10.8 Å². The minimum atomic E-state index is -0.487. The highest BCUT2D eigenvalue weighted by molar-refractivity contribution is 5.91. The van der Waals surface area contributed by atoms with Crippen LogP contribution in [-0.4, -0.2) is 16.5 Å². The molecule has 4 aliphatic rings. The Bertz CT molecular complexity index is 534. The zero-order valence-corrected chi connectivity index (χ0v) is 14.3. The van der Waals surface area contributed by atoms with E-state index in [1.807, 2.05) is 6.08 Å². The standard InChI is InChI=1S/C20H30O2/c1-18-9-6-14(21)12-13(18)4-5-15-16(18)7-10-19(2)17(15)8-11-20(19,3)22/h6,9,13,15-17,22H,4-5,7-8,10-12H2,1-3H3/t13-,15?,16?,17?,18?,19?,20+/m1/s1. The molecule has 3 fully saturated rings. The highest BCUT2D eigenvalue weighted by atomic mass is 16.3. The molecule has 0 saturated heterocycles. The molecule has 2 nitrogen and oxygen atoms in total. The maximum Gasteiger partial charge on any atom is 0.155 e. The molecule has 4 rings (SSSR count). The maximum atomic E-state index is 11.8. The molecule has 4 aliphatic carbocycles. The molecule has 3 saturated carbocycles. The lowest BCUT2D eigenvalue weighted by Crippen LogP contribution is -2.55. The molecular weight excluding hydrogens is 272 g/mol. The van der Waals surface area contributed by atoms with E-state index in [0.29, 0.717) is 23.5 Å². The van der Waals surface area contributed by atoms with Crippen molar-refractivity contribution in [3.05, 3.63) is 12.2 Å². The fourth-order valence-electron chi connectivity index (χ4n) is 6.88. The number of hydrogen-bond acceptors (Lipinski definition) is 2. The first-order chi connectivity index (χ1) is 10.3. The number of carbonyl (C=O) groups excluding carboxylic acids is 1. The minimum Gasteiger partial charge on any atom is -0.390 e. The molecule has 0 amide bonds. The van der Waals surface area contributed by atoms with E-state index in [0.717, 1.165) is 25.2 Å². The molecule has 0 aliphatic heterocycles. The molecule has 22 heavy (non-hydrogen) atoms. The molecule has 0 aromatic carbocycles. The van der Waals surface area contributed by atoms with Gasteiger partial charge in [-0.1, -0.05) is 19.9 Å². The number of fused-ring (bicyclic) bond motifs is 5. The second-order valence-corrected chi connectivity index (χ2v) is 9.29. The molecule has 7 atom stereocenters. The summed E-state index contributed by atoms with van der Waals surface area (Å²) < 4.78 is 0. The fourth-order valence-corrected chi connectivity index (χ4v) is 6.88. The third kappa shape index (κ3) is 1.74. The molecular formula is C20H30O2. The molecule has 0 spiro atoms. The monoisotopic (exact) mass is 302 g/mol. The van der Waals surface area contributed by atoms with Gasteiger partial charge >= 0.3 is 0 Å². The van der Waals surface area contributed by atoms with E-state index in [9.17, 15) is 9.90 Å². The zero-order chi connectivity index (χ0) is 15.8. The van der Waals surface area contributed by atoms with E-state index in [4.69, 9.17) is 0 Å². The van der Waals surface area contributed by atoms with Gasteiger partial charge in [0.15, 0.2) is 5.78 Å². The van der Waals surface area contributed by atoms with E-state index in [1.54, 1.807) is 0 Å². The number of allylic oxidation sites excluding steroid dienone is 2. The first kappa shape index (κ1) is 14.9. The first-order valence-electron chi connectivity index (χ1n) is 9.22. The third-order valence-electron chi connectivity index (χ3n) is 8.60. The Morgan fingerprint density at radius 1 is 1.05 bits per heavy atom. The first-order valence-corrected chi connectivity index (χ1v) is 9.22. The van der Waals surface area contributed by atoms with Gasteiger partial charge in [-0.2, -0.15) is 0 Å². The topological polar surface area (TPSA) is 37.3 Å². The number of aliphatic hydroxyl groups is 1. The van der Waals surface area contributed by atoms with Gasteiger partial charge in [0.05, 0.1) is 5.60 Å². The zero-order valence-electron chi connectivity index (χ0n) is 14.3. The van der Waals surface area contributed by atoms with Gasteiger partial charge in [0.2, 0.25) is 0 Å². The van der Waals surface area contributed by atoms with Crippen molar-refractivity contribution in [1.82, 2.24) is 0 Å². The van der Waals surface area contributed by atoms with Crippen LogP contribution in [0.2, 0.25) is 0 Å². The lowest BCUT2D eigenvalue weighted by atomic mass is 9.45. The van der Waals surface area contributed by atoms with E-state index >= 15 is 0 Å². The number of ketones is 1. The molecule has 122 valence electrons. The Balaban J connectivity index is 1.69. The third-order valence-corrected chi connectivity index (χ3v) is 8.60. The van der Waals surface area contributed by atoms with Gasteiger partial charge in [-0.25, -0.2) is 0 Å². The molecule has 5 unspecified atom stereocenters. The predicted molar refractivity (Wildman–Crippen MR) is 87.3 cm³/mol. The fraction of sp³-hybridized carbons (Fsp3) is 0.850. The normalized spacial score (nSPS) is 57.2. The summed E-state index contributed by atoms with van der Waals surface area (Å²) in [6, 6.07) is 0.